The molecule has 0 N–H and O–H groups in total. The van der Waals surface area contributed by atoms with Crippen LogP contribution in [0, 0.1) is 0 Å². The number of ether oxygens (including phenoxy) is 3. The summed E-state index contributed by atoms with van der Waals surface area (Å²) in [6, 6.07) is 0. The van der Waals surface area contributed by atoms with Gasteiger partial charge in [0.1, 0.15) is 13.2 Å². The summed E-state index contributed by atoms with van der Waals surface area (Å²) in [5.41, 5.74) is 0. The van der Waals surface area contributed by atoms with Crippen molar-refractivity contribution in [1.82, 2.24) is 0 Å². The van der Waals surface area contributed by atoms with Crippen LogP contribution < -0.4 is 0 Å². The number of esters is 3. The van der Waals surface area contributed by atoms with Gasteiger partial charge in [-0.15, -0.1) is 0 Å². The Bertz CT molecular complexity index is 1530. The molecule has 0 aliphatic rings. The van der Waals surface area contributed by atoms with Crippen LogP contribution in [0.2, 0.25) is 0 Å². The van der Waals surface area contributed by atoms with Gasteiger partial charge in [-0.1, -0.05) is 225 Å². The molecule has 0 heterocycles. The summed E-state index contributed by atoms with van der Waals surface area (Å²) >= 11 is 0. The molecule has 0 aromatic carbocycles. The van der Waals surface area contributed by atoms with Crippen LogP contribution in [-0.2, 0) is 28.6 Å². The van der Waals surface area contributed by atoms with Crippen molar-refractivity contribution in [2.75, 3.05) is 13.2 Å². The van der Waals surface area contributed by atoms with Crippen LogP contribution in [0.1, 0.15) is 233 Å². The highest BCUT2D eigenvalue weighted by Crippen LogP contribution is 2.13. The molecule has 0 radical (unpaired) electrons. The summed E-state index contributed by atoms with van der Waals surface area (Å²) in [6.45, 7) is 6.30. The van der Waals surface area contributed by atoms with Crippen molar-refractivity contribution in [3.8, 4) is 0 Å². The maximum atomic E-state index is 12.8. The molecular weight excluding hydrogens is 865 g/mol. The number of allylic oxidation sites excluding steroid dienone is 22. The van der Waals surface area contributed by atoms with Crippen molar-refractivity contribution in [2.45, 2.75) is 239 Å². The molecule has 1 unspecified atom stereocenters. The zero-order chi connectivity index (χ0) is 50.7. The lowest BCUT2D eigenvalue weighted by atomic mass is 10.1. The SMILES string of the molecule is CC/C=C\C/C=C\C/C=C\C/C=C\C/C=C\C/C=C\CCC(=O)OC(COC(=O)CCCCCCC/C=C\CCCCC)COC(=O)CCCCCCCCCC/C=C\C/C=C\C/C=C\C/C=C\CC. The average molecular weight is 968 g/mol. The van der Waals surface area contributed by atoms with Gasteiger partial charge in [0.2, 0.25) is 0 Å². The molecule has 0 saturated carbocycles. The standard InChI is InChI=1S/C64H102O6/c1-4-7-10-13-16-19-22-25-27-29-31-32-34-35-37-39-42-45-48-51-54-57-63(66)69-60-61(59-68-62(65)56-53-50-47-44-41-24-21-18-15-12-9-6-3)70-64(67)58-55-52-49-46-43-40-38-36-33-30-28-26-23-20-17-14-11-8-5-2/h7-8,10-11,16-21,25-28,31-33,36,40,43,49,52,61H,4-6,9,12-15,22-24,29-30,34-35,37-39,41-42,44-48,50-51,53-60H2,1-3H3/b10-7-,11-8-,19-16-,20-17-,21-18-,27-25-,28-26-,32-31-,36-33-,43-40-,52-49-. The third kappa shape index (κ3) is 54.5. The molecule has 0 bridgehead atoms. The molecule has 6 heteroatoms. The Labute approximate surface area is 430 Å². The Kier molecular flexibility index (Phi) is 53.5. The van der Waals surface area contributed by atoms with E-state index in [1.165, 1.54) is 64.2 Å². The smallest absolute Gasteiger partial charge is 0.306 e. The van der Waals surface area contributed by atoms with E-state index in [0.717, 1.165) is 122 Å². The molecule has 0 spiro atoms. The summed E-state index contributed by atoms with van der Waals surface area (Å²) in [5, 5.41) is 0. The third-order valence-corrected chi connectivity index (χ3v) is 11.4. The Hall–Kier alpha value is -4.45. The Morgan fingerprint density at radius 2 is 0.586 bits per heavy atom. The Balaban J connectivity index is 4.50. The van der Waals surface area contributed by atoms with E-state index < -0.39 is 12.1 Å². The summed E-state index contributed by atoms with van der Waals surface area (Å²) in [7, 11) is 0. The van der Waals surface area contributed by atoms with Gasteiger partial charge in [-0.2, -0.15) is 0 Å². The quantitative estimate of drug-likeness (QED) is 0.0262. The van der Waals surface area contributed by atoms with Gasteiger partial charge >= 0.3 is 17.9 Å². The molecular formula is C64H102O6. The minimum Gasteiger partial charge on any atom is -0.462 e. The highest BCUT2D eigenvalue weighted by Gasteiger charge is 2.19. The van der Waals surface area contributed by atoms with Gasteiger partial charge < -0.3 is 14.2 Å². The molecule has 0 aliphatic carbocycles. The molecule has 0 aliphatic heterocycles. The van der Waals surface area contributed by atoms with Gasteiger partial charge in [-0.05, 0) is 122 Å². The predicted molar refractivity (Wildman–Crippen MR) is 302 cm³/mol. The molecule has 0 aromatic heterocycles. The first-order valence-corrected chi connectivity index (χ1v) is 28.2. The summed E-state index contributed by atoms with van der Waals surface area (Å²) in [4.78, 5) is 38.1. The minimum atomic E-state index is -0.830. The molecule has 0 aromatic rings. The van der Waals surface area contributed by atoms with E-state index in [0.29, 0.717) is 19.3 Å². The fourth-order valence-electron chi connectivity index (χ4n) is 7.22. The second kappa shape index (κ2) is 57.1. The van der Waals surface area contributed by atoms with Crippen molar-refractivity contribution < 1.29 is 28.6 Å². The van der Waals surface area contributed by atoms with Gasteiger partial charge in [0.15, 0.2) is 6.10 Å². The molecule has 6 nitrogen and oxygen atoms in total. The van der Waals surface area contributed by atoms with Gasteiger partial charge in [-0.25, -0.2) is 0 Å². The zero-order valence-corrected chi connectivity index (χ0v) is 45.0. The molecule has 1 atom stereocenters. The summed E-state index contributed by atoms with van der Waals surface area (Å²) in [6.07, 6.45) is 80.2. The van der Waals surface area contributed by atoms with E-state index in [1.807, 2.05) is 12.2 Å². The highest BCUT2D eigenvalue weighted by atomic mass is 16.6. The predicted octanol–water partition coefficient (Wildman–Crippen LogP) is 19.0. The molecule has 0 fully saturated rings. The first-order valence-electron chi connectivity index (χ1n) is 28.2. The van der Waals surface area contributed by atoms with E-state index in [9.17, 15) is 14.4 Å². The van der Waals surface area contributed by atoms with Gasteiger partial charge in [0.25, 0.3) is 0 Å². The van der Waals surface area contributed by atoms with E-state index in [2.05, 4.69) is 142 Å². The normalized spacial score (nSPS) is 13.1. The van der Waals surface area contributed by atoms with Crippen LogP contribution in [0.4, 0.5) is 0 Å². The monoisotopic (exact) mass is 967 g/mol. The topological polar surface area (TPSA) is 78.9 Å². The van der Waals surface area contributed by atoms with Crippen LogP contribution in [0.15, 0.2) is 134 Å². The van der Waals surface area contributed by atoms with Crippen molar-refractivity contribution >= 4 is 17.9 Å². The fourth-order valence-corrected chi connectivity index (χ4v) is 7.22. The fraction of sp³-hybridized carbons (Fsp3) is 0.609. The second-order valence-electron chi connectivity index (χ2n) is 18.1. The van der Waals surface area contributed by atoms with E-state index in [-0.39, 0.29) is 31.6 Å². The third-order valence-electron chi connectivity index (χ3n) is 11.4. The lowest BCUT2D eigenvalue weighted by Crippen LogP contribution is -2.30. The van der Waals surface area contributed by atoms with Crippen LogP contribution in [-0.4, -0.2) is 37.2 Å². The van der Waals surface area contributed by atoms with Crippen molar-refractivity contribution in [3.05, 3.63) is 134 Å². The second-order valence-corrected chi connectivity index (χ2v) is 18.1. The van der Waals surface area contributed by atoms with Gasteiger partial charge in [-0.3, -0.25) is 14.4 Å². The van der Waals surface area contributed by atoms with Crippen LogP contribution in [0.3, 0.4) is 0 Å². The lowest BCUT2D eigenvalue weighted by molar-refractivity contribution is -0.166. The first-order chi connectivity index (χ1) is 34.5. The molecule has 0 rings (SSSR count). The average Bonchev–Trinajstić information content (AvgIpc) is 3.36. The Morgan fingerprint density at radius 3 is 0.943 bits per heavy atom. The van der Waals surface area contributed by atoms with Crippen molar-refractivity contribution in [3.63, 3.8) is 0 Å². The first kappa shape index (κ1) is 65.5. The number of carbonyl (C=O) groups is 3. The maximum absolute atomic E-state index is 12.8. The van der Waals surface area contributed by atoms with Crippen LogP contribution in [0.5, 0.6) is 0 Å². The zero-order valence-electron chi connectivity index (χ0n) is 45.0. The van der Waals surface area contributed by atoms with Crippen molar-refractivity contribution in [1.29, 1.82) is 0 Å². The summed E-state index contributed by atoms with van der Waals surface area (Å²) in [5.74, 6) is -1.03. The van der Waals surface area contributed by atoms with Gasteiger partial charge in [0, 0.05) is 19.3 Å². The minimum absolute atomic E-state index is 0.119. The molecule has 70 heavy (non-hydrogen) atoms. The van der Waals surface area contributed by atoms with Crippen molar-refractivity contribution in [2.24, 2.45) is 0 Å². The molecule has 0 saturated heterocycles. The van der Waals surface area contributed by atoms with E-state index >= 15 is 0 Å². The number of carbonyl (C=O) groups excluding carboxylic acids is 3. The largest absolute Gasteiger partial charge is 0.462 e. The van der Waals surface area contributed by atoms with E-state index in [1.54, 1.807) is 0 Å². The Morgan fingerprint density at radius 1 is 0.300 bits per heavy atom. The van der Waals surface area contributed by atoms with Crippen LogP contribution in [0.25, 0.3) is 0 Å². The van der Waals surface area contributed by atoms with Gasteiger partial charge in [0.05, 0.1) is 0 Å². The number of rotatable bonds is 49. The highest BCUT2D eigenvalue weighted by molar-refractivity contribution is 5.71. The molecule has 0 amide bonds. The van der Waals surface area contributed by atoms with E-state index in [4.69, 9.17) is 14.2 Å². The number of hydrogen-bond acceptors (Lipinski definition) is 6. The van der Waals surface area contributed by atoms with Crippen LogP contribution >= 0.6 is 0 Å². The number of hydrogen-bond donors (Lipinski definition) is 0. The molecule has 394 valence electrons. The lowest BCUT2D eigenvalue weighted by Gasteiger charge is -2.18. The maximum Gasteiger partial charge on any atom is 0.306 e. The summed E-state index contributed by atoms with van der Waals surface area (Å²) < 4.78 is 16.8. The number of unbranched alkanes of at least 4 members (excludes halogenated alkanes) is 16.